The number of anilines is 1. The van der Waals surface area contributed by atoms with Crippen molar-refractivity contribution in [3.05, 3.63) is 58.9 Å². The molecule has 216 valence electrons. The number of fused-ring (bicyclic) bond motifs is 1. The number of benzene rings is 2. The third kappa shape index (κ3) is 5.68. The molecule has 3 fully saturated rings. The summed E-state index contributed by atoms with van der Waals surface area (Å²) in [6.07, 6.45) is -1.16. The van der Waals surface area contributed by atoms with Crippen molar-refractivity contribution in [3.8, 4) is 0 Å². The summed E-state index contributed by atoms with van der Waals surface area (Å²) in [5, 5.41) is 5.99. The quantitative estimate of drug-likeness (QED) is 0.431. The van der Waals surface area contributed by atoms with E-state index in [1.54, 1.807) is 0 Å². The third-order valence-corrected chi connectivity index (χ3v) is 8.90. The van der Waals surface area contributed by atoms with Crippen LogP contribution in [0.4, 0.5) is 23.2 Å². The van der Waals surface area contributed by atoms with Crippen LogP contribution in [-0.4, -0.2) is 49.5 Å². The van der Waals surface area contributed by atoms with Gasteiger partial charge in [-0.3, -0.25) is 9.59 Å². The van der Waals surface area contributed by atoms with Crippen LogP contribution in [0.15, 0.2) is 41.3 Å². The minimum absolute atomic E-state index is 0.0193. The first-order valence-corrected chi connectivity index (χ1v) is 15.1. The lowest BCUT2D eigenvalue weighted by Gasteiger charge is -2.30. The summed E-state index contributed by atoms with van der Waals surface area (Å²) in [6.45, 7) is 3.75. The number of hydrogen-bond acceptors (Lipinski definition) is 5. The van der Waals surface area contributed by atoms with Gasteiger partial charge in [0, 0.05) is 29.6 Å². The lowest BCUT2D eigenvalue weighted by atomic mass is 9.98. The number of nitrogens with one attached hydrogen (secondary N) is 2. The number of halogens is 4. The number of likely N-dealkylation sites (tertiary alicyclic amines) is 1. The molecule has 1 saturated heterocycles. The molecule has 2 aliphatic carbocycles. The summed E-state index contributed by atoms with van der Waals surface area (Å²) in [7, 11) is -3.61. The highest BCUT2D eigenvalue weighted by Crippen LogP contribution is 2.49. The Morgan fingerprint density at radius 3 is 2.33 bits per heavy atom. The van der Waals surface area contributed by atoms with Gasteiger partial charge in [-0.25, -0.2) is 12.8 Å². The summed E-state index contributed by atoms with van der Waals surface area (Å²) in [6, 6.07) is 4.65. The summed E-state index contributed by atoms with van der Waals surface area (Å²) in [4.78, 5) is 29.0. The van der Waals surface area contributed by atoms with E-state index in [1.165, 1.54) is 23.1 Å². The van der Waals surface area contributed by atoms with Gasteiger partial charge in [0.25, 0.3) is 5.91 Å². The van der Waals surface area contributed by atoms with Gasteiger partial charge in [0.1, 0.15) is 11.9 Å². The van der Waals surface area contributed by atoms with E-state index < -0.39 is 51.3 Å². The molecule has 2 saturated carbocycles. The summed E-state index contributed by atoms with van der Waals surface area (Å²) >= 11 is 0. The van der Waals surface area contributed by atoms with Gasteiger partial charge >= 0.3 is 6.18 Å². The van der Waals surface area contributed by atoms with Gasteiger partial charge in [0.15, 0.2) is 9.84 Å². The van der Waals surface area contributed by atoms with Gasteiger partial charge in [0.05, 0.1) is 22.1 Å². The number of rotatable bonds is 8. The average Bonchev–Trinajstić information content (AvgIpc) is 3.79. The molecule has 7 nitrogen and oxygen atoms in total. The zero-order chi connectivity index (χ0) is 29.1. The first kappa shape index (κ1) is 28.4. The fourth-order valence-corrected chi connectivity index (χ4v) is 6.22. The van der Waals surface area contributed by atoms with Crippen LogP contribution in [0, 0.1) is 17.7 Å². The number of sulfone groups is 1. The molecule has 1 aliphatic heterocycles. The smallest absolute Gasteiger partial charge is 0.382 e. The first-order chi connectivity index (χ1) is 18.6. The molecule has 2 amide bonds. The van der Waals surface area contributed by atoms with Crippen molar-refractivity contribution in [2.24, 2.45) is 11.8 Å². The molecule has 1 unspecified atom stereocenters. The van der Waals surface area contributed by atoms with E-state index in [-0.39, 0.29) is 39.9 Å². The molecule has 5 rings (SSSR count). The number of piperidine rings is 1. The van der Waals surface area contributed by atoms with Crippen LogP contribution in [0.25, 0.3) is 0 Å². The third-order valence-electron chi connectivity index (χ3n) is 7.79. The van der Waals surface area contributed by atoms with E-state index in [9.17, 15) is 35.6 Å². The molecule has 0 spiro atoms. The minimum atomic E-state index is -4.69. The van der Waals surface area contributed by atoms with Gasteiger partial charge in [-0.2, -0.15) is 13.2 Å². The van der Waals surface area contributed by atoms with Crippen molar-refractivity contribution < 1.29 is 35.6 Å². The Morgan fingerprint density at radius 2 is 1.75 bits per heavy atom. The molecule has 4 atom stereocenters. The maximum Gasteiger partial charge on any atom is 0.416 e. The van der Waals surface area contributed by atoms with Crippen molar-refractivity contribution in [2.45, 2.75) is 74.8 Å². The largest absolute Gasteiger partial charge is 0.416 e. The van der Waals surface area contributed by atoms with Gasteiger partial charge in [-0.1, -0.05) is 6.07 Å². The Morgan fingerprint density at radius 1 is 1.05 bits per heavy atom. The molecule has 2 aromatic carbocycles. The standard InChI is InChI=1S/C28H31F4N3O4S/c1-14(2)33-22-9-7-18(40(3,38)39)13-20(22)27(37)35-23-10-16(23)11-24(35)26(36)34-25(15-4-5-15)19-8-6-17(12-21(19)29)28(30,31)32/h6-9,12-16,23-25,33H,4-5,10-11H2,1-3H3,(H,34,36)/t16-,23-,24-,25?/m1/s1. The maximum absolute atomic E-state index is 14.9. The minimum Gasteiger partial charge on any atom is -0.382 e. The van der Waals surface area contributed by atoms with Crippen LogP contribution < -0.4 is 10.6 Å². The summed E-state index contributed by atoms with van der Waals surface area (Å²) in [5.74, 6) is -2.04. The Hall–Kier alpha value is -3.15. The predicted molar refractivity (Wildman–Crippen MR) is 140 cm³/mol. The van der Waals surface area contributed by atoms with E-state index in [2.05, 4.69) is 10.6 Å². The van der Waals surface area contributed by atoms with E-state index in [0.29, 0.717) is 37.4 Å². The summed E-state index contributed by atoms with van der Waals surface area (Å²) in [5.41, 5.74) is -0.550. The van der Waals surface area contributed by atoms with Crippen LogP contribution in [0.5, 0.6) is 0 Å². The van der Waals surface area contributed by atoms with Gasteiger partial charge in [-0.05, 0) is 81.7 Å². The highest BCUT2D eigenvalue weighted by Gasteiger charge is 2.56. The zero-order valence-electron chi connectivity index (χ0n) is 22.3. The van der Waals surface area contributed by atoms with Crippen molar-refractivity contribution in [2.75, 3.05) is 11.6 Å². The molecule has 2 N–H and O–H groups in total. The fourth-order valence-electron chi connectivity index (χ4n) is 5.57. The van der Waals surface area contributed by atoms with Crippen LogP contribution in [0.1, 0.15) is 67.1 Å². The van der Waals surface area contributed by atoms with E-state index >= 15 is 0 Å². The van der Waals surface area contributed by atoms with Crippen LogP contribution in [0.3, 0.4) is 0 Å². The number of carbonyl (C=O) groups excluding carboxylic acids is 2. The number of amides is 2. The highest BCUT2D eigenvalue weighted by atomic mass is 32.2. The number of hydrogen-bond donors (Lipinski definition) is 2. The van der Waals surface area contributed by atoms with Crippen LogP contribution in [-0.2, 0) is 20.8 Å². The molecule has 0 radical (unpaired) electrons. The van der Waals surface area contributed by atoms with Crippen molar-refractivity contribution in [1.82, 2.24) is 10.2 Å². The summed E-state index contributed by atoms with van der Waals surface area (Å²) < 4.78 is 78.5. The lowest BCUT2D eigenvalue weighted by molar-refractivity contribution is -0.137. The molecule has 2 aromatic rings. The molecular formula is C28H31F4N3O4S. The van der Waals surface area contributed by atoms with Gasteiger partial charge in [-0.15, -0.1) is 0 Å². The number of carbonyl (C=O) groups is 2. The zero-order valence-corrected chi connectivity index (χ0v) is 23.1. The maximum atomic E-state index is 14.9. The fraction of sp³-hybridized carbons (Fsp3) is 0.500. The second kappa shape index (κ2) is 10.0. The van der Waals surface area contributed by atoms with Crippen LogP contribution >= 0.6 is 0 Å². The van der Waals surface area contributed by atoms with E-state index in [4.69, 9.17) is 0 Å². The normalized spacial score (nSPS) is 23.1. The highest BCUT2D eigenvalue weighted by molar-refractivity contribution is 7.90. The molecule has 3 aliphatic rings. The van der Waals surface area contributed by atoms with Crippen molar-refractivity contribution in [1.29, 1.82) is 0 Å². The van der Waals surface area contributed by atoms with Crippen molar-refractivity contribution >= 4 is 27.3 Å². The van der Waals surface area contributed by atoms with Crippen molar-refractivity contribution in [3.63, 3.8) is 0 Å². The SMILES string of the molecule is CC(C)Nc1ccc(S(C)(=O)=O)cc1C(=O)N1[C@@H](C(=O)NC(c2ccc(C(F)(F)F)cc2F)C2CC2)C[C@H]2C[C@H]21. The van der Waals surface area contributed by atoms with E-state index in [0.717, 1.165) is 18.4 Å². The average molecular weight is 582 g/mol. The predicted octanol–water partition coefficient (Wildman–Crippen LogP) is 4.94. The van der Waals surface area contributed by atoms with E-state index in [1.807, 2.05) is 13.8 Å². The van der Waals surface area contributed by atoms with Crippen LogP contribution in [0.2, 0.25) is 0 Å². The molecule has 0 bridgehead atoms. The topological polar surface area (TPSA) is 95.6 Å². The second-order valence-corrected chi connectivity index (χ2v) is 13.4. The Bertz CT molecular complexity index is 1460. The van der Waals surface area contributed by atoms with Gasteiger partial charge < -0.3 is 15.5 Å². The van der Waals surface area contributed by atoms with Gasteiger partial charge in [0.2, 0.25) is 5.91 Å². The Kier molecular flexibility index (Phi) is 7.12. The number of nitrogens with zero attached hydrogens (tertiary/aromatic N) is 1. The molecule has 40 heavy (non-hydrogen) atoms. The lowest BCUT2D eigenvalue weighted by Crippen LogP contribution is -2.49. The molecular weight excluding hydrogens is 550 g/mol. The molecule has 12 heteroatoms. The Labute approximate surface area is 230 Å². The Balaban J connectivity index is 1.42. The monoisotopic (exact) mass is 581 g/mol. The first-order valence-electron chi connectivity index (χ1n) is 13.3. The second-order valence-electron chi connectivity index (χ2n) is 11.4. The number of alkyl halides is 3. The molecule has 0 aromatic heterocycles. The molecule has 1 heterocycles.